The Hall–Kier alpha value is -3.60. The second kappa shape index (κ2) is 9.81. The SMILES string of the molecule is N#CCN1CCN(c2nc(C(F)(F)F)nc(-c3ccc(F)cc3)c2-c2cccc(S(N)(=O)=O)c2)CC1. The number of hydrogen-bond acceptors (Lipinski definition) is 7. The van der Waals surface area contributed by atoms with Crippen molar-refractivity contribution in [1.82, 2.24) is 14.9 Å². The van der Waals surface area contributed by atoms with E-state index in [2.05, 4.69) is 9.97 Å². The molecule has 2 heterocycles. The van der Waals surface area contributed by atoms with Crippen LogP contribution in [0.2, 0.25) is 0 Å². The van der Waals surface area contributed by atoms with Gasteiger partial charge in [0.05, 0.1) is 28.8 Å². The van der Waals surface area contributed by atoms with Crippen molar-refractivity contribution in [3.8, 4) is 28.5 Å². The molecule has 1 fully saturated rings. The normalized spacial score (nSPS) is 15.1. The van der Waals surface area contributed by atoms with Crippen LogP contribution in [0.3, 0.4) is 0 Å². The van der Waals surface area contributed by atoms with E-state index in [0.717, 1.165) is 12.1 Å². The van der Waals surface area contributed by atoms with Crippen molar-refractivity contribution >= 4 is 15.8 Å². The molecular formula is C23H20F4N6O2S. The van der Waals surface area contributed by atoms with Crippen molar-refractivity contribution in [3.63, 3.8) is 0 Å². The van der Waals surface area contributed by atoms with Gasteiger partial charge in [-0.25, -0.2) is 27.9 Å². The lowest BCUT2D eigenvalue weighted by Gasteiger charge is -2.35. The van der Waals surface area contributed by atoms with E-state index in [1.165, 1.54) is 36.4 Å². The first kappa shape index (κ1) is 25.5. The van der Waals surface area contributed by atoms with E-state index in [9.17, 15) is 26.0 Å². The summed E-state index contributed by atoms with van der Waals surface area (Å²) < 4.78 is 79.2. The highest BCUT2D eigenvalue weighted by Gasteiger charge is 2.38. The van der Waals surface area contributed by atoms with E-state index in [1.807, 2.05) is 11.0 Å². The van der Waals surface area contributed by atoms with Crippen molar-refractivity contribution in [2.24, 2.45) is 5.14 Å². The first-order valence-electron chi connectivity index (χ1n) is 10.7. The van der Waals surface area contributed by atoms with Crippen LogP contribution < -0.4 is 10.0 Å². The molecule has 0 bridgehead atoms. The van der Waals surface area contributed by atoms with E-state index < -0.39 is 27.8 Å². The molecule has 0 saturated carbocycles. The predicted molar refractivity (Wildman–Crippen MR) is 124 cm³/mol. The summed E-state index contributed by atoms with van der Waals surface area (Å²) in [5.41, 5.74) is 0.417. The van der Waals surface area contributed by atoms with Gasteiger partial charge in [-0.3, -0.25) is 4.90 Å². The van der Waals surface area contributed by atoms with Gasteiger partial charge in [-0.15, -0.1) is 0 Å². The molecule has 2 aromatic carbocycles. The van der Waals surface area contributed by atoms with Crippen LogP contribution in [0.25, 0.3) is 22.4 Å². The van der Waals surface area contributed by atoms with Crippen molar-refractivity contribution < 1.29 is 26.0 Å². The Morgan fingerprint density at radius 1 is 1.00 bits per heavy atom. The lowest BCUT2D eigenvalue weighted by Crippen LogP contribution is -2.47. The Labute approximate surface area is 204 Å². The van der Waals surface area contributed by atoms with Crippen LogP contribution in [-0.2, 0) is 16.2 Å². The fourth-order valence-electron chi connectivity index (χ4n) is 3.93. The van der Waals surface area contributed by atoms with E-state index in [-0.39, 0.29) is 52.7 Å². The van der Waals surface area contributed by atoms with Gasteiger partial charge in [0.1, 0.15) is 11.6 Å². The van der Waals surface area contributed by atoms with Gasteiger partial charge in [-0.2, -0.15) is 18.4 Å². The zero-order valence-corrected chi connectivity index (χ0v) is 19.5. The minimum absolute atomic E-state index is 0.0557. The van der Waals surface area contributed by atoms with Gasteiger partial charge in [0.25, 0.3) is 0 Å². The van der Waals surface area contributed by atoms with Gasteiger partial charge >= 0.3 is 6.18 Å². The molecule has 0 amide bonds. The number of aromatic nitrogens is 2. The number of rotatable bonds is 5. The third kappa shape index (κ3) is 5.46. The summed E-state index contributed by atoms with van der Waals surface area (Å²) in [6.45, 7) is 1.51. The number of alkyl halides is 3. The molecule has 0 aliphatic carbocycles. The molecule has 0 unspecified atom stereocenters. The number of piperazine rings is 1. The minimum atomic E-state index is -4.88. The molecule has 188 valence electrons. The van der Waals surface area contributed by atoms with Gasteiger partial charge in [-0.1, -0.05) is 12.1 Å². The number of primary sulfonamides is 1. The number of hydrogen-bond donors (Lipinski definition) is 1. The number of nitrogens with zero attached hydrogens (tertiary/aromatic N) is 5. The first-order valence-corrected chi connectivity index (χ1v) is 12.2. The van der Waals surface area contributed by atoms with Crippen molar-refractivity contribution in [2.45, 2.75) is 11.1 Å². The topological polar surface area (TPSA) is 116 Å². The zero-order valence-electron chi connectivity index (χ0n) is 18.7. The summed E-state index contributed by atoms with van der Waals surface area (Å²) in [6.07, 6.45) is -4.88. The Kier molecular flexibility index (Phi) is 6.94. The Morgan fingerprint density at radius 3 is 2.25 bits per heavy atom. The lowest BCUT2D eigenvalue weighted by molar-refractivity contribution is -0.144. The standard InChI is InChI=1S/C23H20F4N6O2S/c24-17-6-4-15(5-7-17)20-19(16-2-1-3-18(14-16)36(29,34)35)21(31-22(30-20)23(25,26)27)33-12-10-32(9-8-28)11-13-33/h1-7,14H,9-13H2,(H2,29,34,35). The average Bonchev–Trinajstić information content (AvgIpc) is 2.83. The van der Waals surface area contributed by atoms with E-state index >= 15 is 0 Å². The van der Waals surface area contributed by atoms with Crippen LogP contribution in [0.15, 0.2) is 53.4 Å². The maximum Gasteiger partial charge on any atom is 0.451 e. The summed E-state index contributed by atoms with van der Waals surface area (Å²) in [7, 11) is -4.12. The van der Waals surface area contributed by atoms with Crippen molar-refractivity contribution in [1.29, 1.82) is 5.26 Å². The Bertz CT molecular complexity index is 1410. The maximum atomic E-state index is 13.9. The smallest absolute Gasteiger partial charge is 0.353 e. The molecule has 0 atom stereocenters. The van der Waals surface area contributed by atoms with Gasteiger partial charge in [0.2, 0.25) is 15.8 Å². The van der Waals surface area contributed by atoms with Crippen LogP contribution in [0.1, 0.15) is 5.82 Å². The summed E-state index contributed by atoms with van der Waals surface area (Å²) >= 11 is 0. The van der Waals surface area contributed by atoms with Gasteiger partial charge in [0.15, 0.2) is 0 Å². The number of sulfonamides is 1. The van der Waals surface area contributed by atoms with E-state index in [1.54, 1.807) is 4.90 Å². The van der Waals surface area contributed by atoms with E-state index in [0.29, 0.717) is 13.1 Å². The largest absolute Gasteiger partial charge is 0.451 e. The number of benzene rings is 2. The molecular weight excluding hydrogens is 500 g/mol. The molecule has 1 saturated heterocycles. The van der Waals surface area contributed by atoms with Gasteiger partial charge in [-0.05, 0) is 42.0 Å². The molecule has 4 rings (SSSR count). The highest BCUT2D eigenvalue weighted by atomic mass is 32.2. The molecule has 1 aromatic heterocycles. The number of nitriles is 1. The molecule has 8 nitrogen and oxygen atoms in total. The van der Waals surface area contributed by atoms with Gasteiger partial charge < -0.3 is 4.90 Å². The molecule has 1 aliphatic rings. The van der Waals surface area contributed by atoms with Crippen molar-refractivity contribution in [2.75, 3.05) is 37.6 Å². The van der Waals surface area contributed by atoms with Crippen LogP contribution in [0.4, 0.5) is 23.4 Å². The monoisotopic (exact) mass is 520 g/mol. The molecule has 3 aromatic rings. The highest BCUT2D eigenvalue weighted by Crippen LogP contribution is 2.41. The molecule has 13 heteroatoms. The Morgan fingerprint density at radius 2 is 1.67 bits per heavy atom. The summed E-state index contributed by atoms with van der Waals surface area (Å²) in [4.78, 5) is 10.9. The second-order valence-electron chi connectivity index (χ2n) is 8.09. The van der Waals surface area contributed by atoms with Crippen LogP contribution in [0.5, 0.6) is 0 Å². The predicted octanol–water partition coefficient (Wildman–Crippen LogP) is 3.26. The zero-order chi connectivity index (χ0) is 26.1. The summed E-state index contributed by atoms with van der Waals surface area (Å²) in [5.74, 6) is -2.03. The molecule has 1 aliphatic heterocycles. The third-order valence-electron chi connectivity index (χ3n) is 5.68. The summed E-state index contributed by atoms with van der Waals surface area (Å²) in [5, 5.41) is 14.2. The number of nitrogens with two attached hydrogens (primary N) is 1. The molecule has 0 radical (unpaired) electrons. The molecule has 2 N–H and O–H groups in total. The average molecular weight is 521 g/mol. The summed E-state index contributed by atoms with van der Waals surface area (Å²) in [6, 6.07) is 12.3. The second-order valence-corrected chi connectivity index (χ2v) is 9.65. The number of halogens is 4. The Balaban J connectivity index is 1.99. The molecule has 36 heavy (non-hydrogen) atoms. The quantitative estimate of drug-likeness (QED) is 0.406. The number of anilines is 1. The highest BCUT2D eigenvalue weighted by molar-refractivity contribution is 7.89. The van der Waals surface area contributed by atoms with Gasteiger partial charge in [0, 0.05) is 31.7 Å². The van der Waals surface area contributed by atoms with Crippen LogP contribution >= 0.6 is 0 Å². The van der Waals surface area contributed by atoms with E-state index in [4.69, 9.17) is 10.4 Å². The minimum Gasteiger partial charge on any atom is -0.353 e. The lowest BCUT2D eigenvalue weighted by atomic mass is 9.98. The maximum absolute atomic E-state index is 13.9. The molecule has 0 spiro atoms. The first-order chi connectivity index (χ1) is 17.0. The fraction of sp³-hybridized carbons (Fsp3) is 0.261. The fourth-order valence-corrected chi connectivity index (χ4v) is 4.49. The van der Waals surface area contributed by atoms with Crippen LogP contribution in [0, 0.1) is 17.1 Å². The third-order valence-corrected chi connectivity index (χ3v) is 6.59. The van der Waals surface area contributed by atoms with Crippen LogP contribution in [-0.4, -0.2) is 56.0 Å². The van der Waals surface area contributed by atoms with Crippen molar-refractivity contribution in [3.05, 3.63) is 60.2 Å².